The maximum Gasteiger partial charge on any atom is 0.306 e. The van der Waals surface area contributed by atoms with Crippen molar-refractivity contribution in [1.82, 2.24) is 0 Å². The number of unbranched alkanes of at least 4 members (excludes halogenated alkanes) is 27. The van der Waals surface area contributed by atoms with Gasteiger partial charge in [0, 0.05) is 19.3 Å². The Labute approximate surface area is 463 Å². The van der Waals surface area contributed by atoms with Crippen LogP contribution in [0.15, 0.2) is 109 Å². The Morgan fingerprint density at radius 2 is 0.533 bits per heavy atom. The highest BCUT2D eigenvalue weighted by Gasteiger charge is 2.19. The van der Waals surface area contributed by atoms with Gasteiger partial charge >= 0.3 is 17.9 Å². The van der Waals surface area contributed by atoms with Crippen LogP contribution in [0.4, 0.5) is 0 Å². The summed E-state index contributed by atoms with van der Waals surface area (Å²) in [5, 5.41) is 0. The summed E-state index contributed by atoms with van der Waals surface area (Å²) in [5.74, 6) is -0.950. The van der Waals surface area contributed by atoms with Gasteiger partial charge < -0.3 is 14.2 Å². The van der Waals surface area contributed by atoms with Gasteiger partial charge in [-0.15, -0.1) is 0 Å². The highest BCUT2D eigenvalue weighted by molar-refractivity contribution is 5.71. The van der Waals surface area contributed by atoms with Crippen LogP contribution in [0.3, 0.4) is 0 Å². The molecule has 0 saturated heterocycles. The first-order chi connectivity index (χ1) is 37.0. The van der Waals surface area contributed by atoms with E-state index in [1.54, 1.807) is 0 Å². The van der Waals surface area contributed by atoms with Crippen molar-refractivity contribution in [3.05, 3.63) is 109 Å². The van der Waals surface area contributed by atoms with Crippen molar-refractivity contribution in [1.29, 1.82) is 0 Å². The minimum atomic E-state index is -0.808. The van der Waals surface area contributed by atoms with E-state index in [-0.39, 0.29) is 37.5 Å². The first kappa shape index (κ1) is 71.1. The molecule has 6 nitrogen and oxygen atoms in total. The predicted molar refractivity (Wildman–Crippen MR) is 325 cm³/mol. The van der Waals surface area contributed by atoms with Crippen LogP contribution in [0.5, 0.6) is 0 Å². The van der Waals surface area contributed by atoms with Crippen LogP contribution in [-0.4, -0.2) is 37.2 Å². The fraction of sp³-hybridized carbons (Fsp3) is 0.696. The summed E-state index contributed by atoms with van der Waals surface area (Å²) in [4.78, 5) is 38.2. The SMILES string of the molecule is CC/C=C\C/C=C\C/C=C\C/C=C\C/C=C\CCCC(=O)OC(COC(=O)CCCCCCCCCCCCCCC)COC(=O)CCCCCCCCCCCCCCCC/C=C\C/C=C\C/C=C\C/C=C\CC. The molecule has 0 N–H and O–H groups in total. The second-order valence-electron chi connectivity index (χ2n) is 20.6. The third-order valence-electron chi connectivity index (χ3n) is 13.3. The molecule has 0 aliphatic carbocycles. The summed E-state index contributed by atoms with van der Waals surface area (Å²) in [6, 6.07) is 0. The predicted octanol–water partition coefficient (Wildman–Crippen LogP) is 21.4. The molecule has 0 heterocycles. The molecule has 0 aliphatic rings. The van der Waals surface area contributed by atoms with Gasteiger partial charge in [0.2, 0.25) is 0 Å². The summed E-state index contributed by atoms with van der Waals surface area (Å²) in [5.41, 5.74) is 0. The smallest absolute Gasteiger partial charge is 0.306 e. The number of allylic oxidation sites excluding steroid dienone is 18. The van der Waals surface area contributed by atoms with Gasteiger partial charge in [-0.25, -0.2) is 0 Å². The molecule has 428 valence electrons. The summed E-state index contributed by atoms with van der Waals surface area (Å²) < 4.78 is 16.9. The van der Waals surface area contributed by atoms with E-state index in [0.29, 0.717) is 19.3 Å². The van der Waals surface area contributed by atoms with Crippen molar-refractivity contribution in [3.8, 4) is 0 Å². The van der Waals surface area contributed by atoms with E-state index in [2.05, 4.69) is 130 Å². The van der Waals surface area contributed by atoms with Gasteiger partial charge in [0.25, 0.3) is 0 Å². The van der Waals surface area contributed by atoms with Gasteiger partial charge in [-0.05, 0) is 96.3 Å². The molecule has 1 atom stereocenters. The molecule has 0 bridgehead atoms. The van der Waals surface area contributed by atoms with Crippen molar-refractivity contribution >= 4 is 17.9 Å². The largest absolute Gasteiger partial charge is 0.462 e. The number of esters is 3. The van der Waals surface area contributed by atoms with Crippen LogP contribution in [-0.2, 0) is 28.6 Å². The van der Waals surface area contributed by atoms with Crippen LogP contribution < -0.4 is 0 Å². The van der Waals surface area contributed by atoms with E-state index >= 15 is 0 Å². The zero-order chi connectivity index (χ0) is 54.3. The summed E-state index contributed by atoms with van der Waals surface area (Å²) in [6.07, 6.45) is 85.3. The average molecular weight is 1040 g/mol. The topological polar surface area (TPSA) is 78.9 Å². The van der Waals surface area contributed by atoms with Gasteiger partial charge in [0.05, 0.1) is 0 Å². The number of hydrogen-bond donors (Lipinski definition) is 0. The standard InChI is InChI=1S/C69H116O6/c1-4-7-10-13-16-19-22-25-27-29-30-31-32-33-34-35-36-37-38-40-41-44-47-50-53-56-59-62-68(71)74-65-66(64-73-67(70)61-58-55-52-49-46-43-24-21-18-15-12-9-6-3)75-69(72)63-60-57-54-51-48-45-42-39-28-26-23-20-17-14-11-8-5-2/h7-8,10-11,16-17,19-20,25-28,30-31,42,45,51,54,66H,4-6,9,12-15,18,21-24,29,32-41,43-44,46-50,52-53,55-65H2,1-3H3/b10-7-,11-8-,19-16-,20-17-,27-25-,28-26-,31-30-,45-42-,54-51-. The van der Waals surface area contributed by atoms with E-state index < -0.39 is 6.10 Å². The highest BCUT2D eigenvalue weighted by atomic mass is 16.6. The lowest BCUT2D eigenvalue weighted by atomic mass is 10.0. The van der Waals surface area contributed by atoms with Crippen molar-refractivity contribution < 1.29 is 28.6 Å². The third-order valence-corrected chi connectivity index (χ3v) is 13.3. The number of rotatable bonds is 56. The molecular formula is C69H116O6. The maximum atomic E-state index is 12.9. The molecular weight excluding hydrogens is 925 g/mol. The van der Waals surface area contributed by atoms with E-state index in [4.69, 9.17) is 14.2 Å². The van der Waals surface area contributed by atoms with Crippen molar-refractivity contribution in [3.63, 3.8) is 0 Å². The fourth-order valence-corrected chi connectivity index (χ4v) is 8.65. The average Bonchev–Trinajstić information content (AvgIpc) is 3.41. The molecule has 0 aromatic carbocycles. The lowest BCUT2D eigenvalue weighted by Gasteiger charge is -2.18. The van der Waals surface area contributed by atoms with E-state index in [1.165, 1.54) is 141 Å². The Morgan fingerprint density at radius 3 is 0.853 bits per heavy atom. The molecule has 0 spiro atoms. The summed E-state index contributed by atoms with van der Waals surface area (Å²) in [6.45, 7) is 6.38. The van der Waals surface area contributed by atoms with Gasteiger partial charge in [-0.2, -0.15) is 0 Å². The second-order valence-corrected chi connectivity index (χ2v) is 20.6. The quantitative estimate of drug-likeness (QED) is 0.0261. The Hall–Kier alpha value is -3.93. The Morgan fingerprint density at radius 1 is 0.280 bits per heavy atom. The molecule has 0 amide bonds. The van der Waals surface area contributed by atoms with Crippen LogP contribution in [0.25, 0.3) is 0 Å². The molecule has 75 heavy (non-hydrogen) atoms. The lowest BCUT2D eigenvalue weighted by Crippen LogP contribution is -2.30. The lowest BCUT2D eigenvalue weighted by molar-refractivity contribution is -0.167. The Kier molecular flexibility index (Phi) is 59.3. The minimum Gasteiger partial charge on any atom is -0.462 e. The van der Waals surface area contributed by atoms with E-state index in [0.717, 1.165) is 103 Å². The van der Waals surface area contributed by atoms with Crippen molar-refractivity contribution in [2.24, 2.45) is 0 Å². The molecule has 0 rings (SSSR count). The number of hydrogen-bond acceptors (Lipinski definition) is 6. The Balaban J connectivity index is 4.33. The normalized spacial score (nSPS) is 12.8. The molecule has 0 aromatic rings. The molecule has 1 unspecified atom stereocenters. The van der Waals surface area contributed by atoms with Crippen molar-refractivity contribution in [2.45, 2.75) is 297 Å². The molecule has 0 fully saturated rings. The molecule has 6 heteroatoms. The molecule has 0 aromatic heterocycles. The number of carbonyl (C=O) groups excluding carboxylic acids is 3. The van der Waals surface area contributed by atoms with Gasteiger partial charge in [-0.3, -0.25) is 14.4 Å². The van der Waals surface area contributed by atoms with Crippen LogP contribution in [0, 0.1) is 0 Å². The van der Waals surface area contributed by atoms with E-state index in [1.807, 2.05) is 0 Å². The monoisotopic (exact) mass is 1040 g/mol. The van der Waals surface area contributed by atoms with Gasteiger partial charge in [-0.1, -0.05) is 284 Å². The van der Waals surface area contributed by atoms with Gasteiger partial charge in [0.15, 0.2) is 6.10 Å². The van der Waals surface area contributed by atoms with Crippen molar-refractivity contribution in [2.75, 3.05) is 13.2 Å². The van der Waals surface area contributed by atoms with Crippen LogP contribution >= 0.6 is 0 Å². The van der Waals surface area contributed by atoms with Crippen LogP contribution in [0.1, 0.15) is 290 Å². The number of ether oxygens (including phenoxy) is 3. The number of carbonyl (C=O) groups is 3. The summed E-state index contributed by atoms with van der Waals surface area (Å²) >= 11 is 0. The minimum absolute atomic E-state index is 0.0984. The van der Waals surface area contributed by atoms with Gasteiger partial charge in [0.1, 0.15) is 13.2 Å². The maximum absolute atomic E-state index is 12.9. The van der Waals surface area contributed by atoms with Crippen LogP contribution in [0.2, 0.25) is 0 Å². The first-order valence-corrected chi connectivity index (χ1v) is 31.4. The fourth-order valence-electron chi connectivity index (χ4n) is 8.65. The zero-order valence-electron chi connectivity index (χ0n) is 49.0. The summed E-state index contributed by atoms with van der Waals surface area (Å²) in [7, 11) is 0. The molecule has 0 radical (unpaired) electrons. The Bertz CT molecular complexity index is 1520. The zero-order valence-corrected chi connectivity index (χ0v) is 49.0. The second kappa shape index (κ2) is 62.6. The third kappa shape index (κ3) is 60.8. The first-order valence-electron chi connectivity index (χ1n) is 31.4. The molecule has 0 aliphatic heterocycles. The molecule has 0 saturated carbocycles. The highest BCUT2D eigenvalue weighted by Crippen LogP contribution is 2.16. The van der Waals surface area contributed by atoms with E-state index in [9.17, 15) is 14.4 Å².